The molecule has 0 fully saturated rings. The third-order valence-electron chi connectivity index (χ3n) is 2.21. The highest BCUT2D eigenvalue weighted by Gasteiger charge is 2.55. The third kappa shape index (κ3) is 1.69. The summed E-state index contributed by atoms with van der Waals surface area (Å²) in [6.45, 7) is 2.58. The van der Waals surface area contributed by atoms with E-state index in [1.807, 2.05) is 0 Å². The summed E-state index contributed by atoms with van der Waals surface area (Å²) in [6.07, 6.45) is -3.33. The van der Waals surface area contributed by atoms with Crippen LogP contribution in [0.2, 0.25) is 0 Å². The minimum atomic E-state index is -3.33. The Bertz CT molecular complexity index is 404. The normalized spacial score (nSPS) is 21.1. The minimum Gasteiger partial charge on any atom is -0.473 e. The summed E-state index contributed by atoms with van der Waals surface area (Å²) in [6, 6.07) is 4.67. The number of benzene rings is 1. The smallest absolute Gasteiger partial charge is 0.438 e. The molecule has 1 heterocycles. The molecular weight excluding hydrogens is 270 g/mol. The lowest BCUT2D eigenvalue weighted by Crippen LogP contribution is -2.54. The first-order valence-corrected chi connectivity index (χ1v) is 5.16. The van der Waals surface area contributed by atoms with Gasteiger partial charge in [0.05, 0.1) is 0 Å². The largest absolute Gasteiger partial charge is 0.473 e. The standard InChI is InChI=1S/C10H9BrF2O2/c1-9(2)10(12,13)15-7-4-3-6(11)5-8(7)14-9/h3-5H,1-2H3. The van der Waals surface area contributed by atoms with Crippen LogP contribution in [-0.2, 0) is 0 Å². The van der Waals surface area contributed by atoms with Crippen LogP contribution in [0.1, 0.15) is 13.8 Å². The van der Waals surface area contributed by atoms with Gasteiger partial charge in [-0.2, -0.15) is 8.78 Å². The van der Waals surface area contributed by atoms with Crippen molar-refractivity contribution < 1.29 is 18.3 Å². The van der Waals surface area contributed by atoms with Crippen molar-refractivity contribution in [3.05, 3.63) is 22.7 Å². The lowest BCUT2D eigenvalue weighted by Gasteiger charge is -2.38. The van der Waals surface area contributed by atoms with Crippen LogP contribution < -0.4 is 9.47 Å². The van der Waals surface area contributed by atoms with E-state index in [4.69, 9.17) is 4.74 Å². The molecule has 0 aliphatic carbocycles. The number of ether oxygens (including phenoxy) is 2. The van der Waals surface area contributed by atoms with Gasteiger partial charge in [0.15, 0.2) is 11.5 Å². The van der Waals surface area contributed by atoms with Gasteiger partial charge in [0.25, 0.3) is 0 Å². The monoisotopic (exact) mass is 278 g/mol. The van der Waals surface area contributed by atoms with Gasteiger partial charge >= 0.3 is 6.11 Å². The molecule has 0 atom stereocenters. The molecule has 5 heteroatoms. The highest BCUT2D eigenvalue weighted by Crippen LogP contribution is 2.45. The van der Waals surface area contributed by atoms with Crippen LogP contribution in [0.5, 0.6) is 11.5 Å². The van der Waals surface area contributed by atoms with Crippen molar-refractivity contribution in [2.75, 3.05) is 0 Å². The number of halogens is 3. The van der Waals surface area contributed by atoms with Crippen molar-refractivity contribution in [2.24, 2.45) is 0 Å². The van der Waals surface area contributed by atoms with Crippen molar-refractivity contribution in [1.29, 1.82) is 0 Å². The lowest BCUT2D eigenvalue weighted by atomic mass is 10.1. The van der Waals surface area contributed by atoms with Crippen molar-refractivity contribution in [2.45, 2.75) is 25.6 Å². The molecule has 1 aliphatic heterocycles. The molecule has 0 amide bonds. The zero-order valence-corrected chi connectivity index (χ0v) is 9.77. The summed E-state index contributed by atoms with van der Waals surface area (Å²) in [7, 11) is 0. The topological polar surface area (TPSA) is 18.5 Å². The summed E-state index contributed by atoms with van der Waals surface area (Å²) < 4.78 is 37.4. The Kier molecular flexibility index (Phi) is 2.19. The summed E-state index contributed by atoms with van der Waals surface area (Å²) in [5.74, 6) is 0.378. The number of alkyl halides is 2. The van der Waals surface area contributed by atoms with Crippen molar-refractivity contribution >= 4 is 15.9 Å². The minimum absolute atomic E-state index is 0.0579. The number of hydrogen-bond acceptors (Lipinski definition) is 2. The van der Waals surface area contributed by atoms with Gasteiger partial charge in [-0.1, -0.05) is 15.9 Å². The first-order valence-electron chi connectivity index (χ1n) is 4.37. The van der Waals surface area contributed by atoms with Gasteiger partial charge in [0.1, 0.15) is 0 Å². The molecule has 15 heavy (non-hydrogen) atoms. The number of fused-ring (bicyclic) bond motifs is 1. The molecule has 0 unspecified atom stereocenters. The molecule has 2 nitrogen and oxygen atoms in total. The van der Waals surface area contributed by atoms with Crippen LogP contribution in [0.4, 0.5) is 8.78 Å². The zero-order valence-electron chi connectivity index (χ0n) is 8.18. The van der Waals surface area contributed by atoms with Crippen molar-refractivity contribution in [1.82, 2.24) is 0 Å². The predicted molar refractivity (Wildman–Crippen MR) is 54.4 cm³/mol. The summed E-state index contributed by atoms with van der Waals surface area (Å²) in [4.78, 5) is 0. The Hall–Kier alpha value is -0.840. The molecule has 0 saturated heterocycles. The molecule has 1 aliphatic rings. The highest BCUT2D eigenvalue weighted by atomic mass is 79.9. The molecule has 0 aromatic heterocycles. The third-order valence-corrected chi connectivity index (χ3v) is 2.70. The summed E-state index contributed by atoms with van der Waals surface area (Å²) in [5.41, 5.74) is -1.67. The maximum absolute atomic E-state index is 13.4. The molecule has 0 spiro atoms. The fraction of sp³-hybridized carbons (Fsp3) is 0.400. The quantitative estimate of drug-likeness (QED) is 0.722. The first kappa shape index (κ1) is 10.7. The van der Waals surface area contributed by atoms with Gasteiger partial charge < -0.3 is 9.47 Å². The summed E-state index contributed by atoms with van der Waals surface area (Å²) in [5, 5.41) is 0. The molecule has 1 aromatic rings. The van der Waals surface area contributed by atoms with Crippen LogP contribution in [0.15, 0.2) is 22.7 Å². The molecule has 0 radical (unpaired) electrons. The van der Waals surface area contributed by atoms with E-state index in [1.54, 1.807) is 12.1 Å². The average molecular weight is 279 g/mol. The van der Waals surface area contributed by atoms with Crippen molar-refractivity contribution in [3.8, 4) is 11.5 Å². The van der Waals surface area contributed by atoms with Crippen molar-refractivity contribution in [3.63, 3.8) is 0 Å². The molecular formula is C10H9BrF2O2. The van der Waals surface area contributed by atoms with Crippen LogP contribution in [0, 0.1) is 0 Å². The Labute approximate surface area is 94.3 Å². The Balaban J connectivity index is 2.47. The SMILES string of the molecule is CC1(C)Oc2cc(Br)ccc2OC1(F)F. The summed E-state index contributed by atoms with van der Waals surface area (Å²) >= 11 is 3.23. The van der Waals surface area contributed by atoms with E-state index in [0.717, 1.165) is 4.47 Å². The second-order valence-corrected chi connectivity index (χ2v) is 4.74. The zero-order chi connectivity index (χ0) is 11.3. The lowest BCUT2D eigenvalue weighted by molar-refractivity contribution is -0.281. The van der Waals surface area contributed by atoms with Crippen LogP contribution in [-0.4, -0.2) is 11.7 Å². The van der Waals surface area contributed by atoms with E-state index in [2.05, 4.69) is 20.7 Å². The molecule has 0 N–H and O–H groups in total. The van der Waals surface area contributed by atoms with Gasteiger partial charge in [-0.25, -0.2) is 0 Å². The van der Waals surface area contributed by atoms with E-state index in [9.17, 15) is 8.78 Å². The Morgan fingerprint density at radius 1 is 1.13 bits per heavy atom. The van der Waals surface area contributed by atoms with Gasteiger partial charge in [0.2, 0.25) is 5.60 Å². The second-order valence-electron chi connectivity index (χ2n) is 3.82. The highest BCUT2D eigenvalue weighted by molar-refractivity contribution is 9.10. The second kappa shape index (κ2) is 3.07. The van der Waals surface area contributed by atoms with Gasteiger partial charge in [-0.15, -0.1) is 0 Å². The number of rotatable bonds is 0. The van der Waals surface area contributed by atoms with Crippen LogP contribution >= 0.6 is 15.9 Å². The first-order chi connectivity index (χ1) is 6.82. The van der Waals surface area contributed by atoms with Gasteiger partial charge in [0, 0.05) is 4.47 Å². The van der Waals surface area contributed by atoms with E-state index in [-0.39, 0.29) is 5.75 Å². The number of hydrogen-bond donors (Lipinski definition) is 0. The predicted octanol–water partition coefficient (Wildman–Crippen LogP) is 3.59. The van der Waals surface area contributed by atoms with Gasteiger partial charge in [-0.05, 0) is 32.0 Å². The van der Waals surface area contributed by atoms with Crippen LogP contribution in [0.25, 0.3) is 0 Å². The maximum atomic E-state index is 13.4. The molecule has 1 aromatic carbocycles. The fourth-order valence-electron chi connectivity index (χ4n) is 1.24. The van der Waals surface area contributed by atoms with E-state index in [0.29, 0.717) is 5.75 Å². The Morgan fingerprint density at radius 3 is 2.47 bits per heavy atom. The fourth-order valence-corrected chi connectivity index (χ4v) is 1.58. The average Bonchev–Trinajstić information content (AvgIpc) is 2.07. The van der Waals surface area contributed by atoms with E-state index < -0.39 is 11.7 Å². The maximum Gasteiger partial charge on any atom is 0.438 e. The van der Waals surface area contributed by atoms with E-state index >= 15 is 0 Å². The molecule has 82 valence electrons. The van der Waals surface area contributed by atoms with E-state index in [1.165, 1.54) is 19.9 Å². The Morgan fingerprint density at radius 2 is 1.80 bits per heavy atom. The molecule has 2 rings (SSSR count). The molecule has 0 bridgehead atoms. The van der Waals surface area contributed by atoms with Gasteiger partial charge in [-0.3, -0.25) is 0 Å². The van der Waals surface area contributed by atoms with Crippen LogP contribution in [0.3, 0.4) is 0 Å². The molecule has 0 saturated carbocycles.